The summed E-state index contributed by atoms with van der Waals surface area (Å²) in [5, 5.41) is 9.05. The fourth-order valence-corrected chi connectivity index (χ4v) is 3.14. The number of benzene rings is 1. The SMILES string of the molecule is O=C(O)c1ccoc1CN1C=NS(=O)(=O)c2ccccc21. The lowest BCUT2D eigenvalue weighted by Crippen LogP contribution is -2.27. The molecular formula is C13H10N2O5S. The fourth-order valence-electron chi connectivity index (χ4n) is 2.08. The van der Waals surface area contributed by atoms with Crippen LogP contribution in [0.3, 0.4) is 0 Å². The third-order valence-corrected chi connectivity index (χ3v) is 4.34. The van der Waals surface area contributed by atoms with E-state index in [1.54, 1.807) is 18.2 Å². The van der Waals surface area contributed by atoms with Gasteiger partial charge in [0.15, 0.2) is 0 Å². The van der Waals surface area contributed by atoms with Crippen molar-refractivity contribution in [3.05, 3.63) is 47.9 Å². The van der Waals surface area contributed by atoms with Gasteiger partial charge in [0.25, 0.3) is 10.0 Å². The van der Waals surface area contributed by atoms with E-state index >= 15 is 0 Å². The van der Waals surface area contributed by atoms with Gasteiger partial charge in [-0.15, -0.1) is 4.40 Å². The van der Waals surface area contributed by atoms with Gasteiger partial charge in [0.2, 0.25) is 0 Å². The first-order valence-corrected chi connectivity index (χ1v) is 7.39. The van der Waals surface area contributed by atoms with Crippen LogP contribution in [0.1, 0.15) is 16.1 Å². The van der Waals surface area contributed by atoms with E-state index in [4.69, 9.17) is 9.52 Å². The molecule has 108 valence electrons. The number of para-hydroxylation sites is 1. The molecule has 0 bridgehead atoms. The number of carboxylic acids is 1. The van der Waals surface area contributed by atoms with Gasteiger partial charge in [0, 0.05) is 0 Å². The first-order valence-electron chi connectivity index (χ1n) is 5.95. The van der Waals surface area contributed by atoms with Crippen LogP contribution < -0.4 is 4.90 Å². The molecule has 0 unspecified atom stereocenters. The molecule has 0 radical (unpaired) electrons. The quantitative estimate of drug-likeness (QED) is 0.926. The third-order valence-electron chi connectivity index (χ3n) is 3.07. The van der Waals surface area contributed by atoms with Crippen LogP contribution in [-0.2, 0) is 16.6 Å². The van der Waals surface area contributed by atoms with Crippen molar-refractivity contribution in [2.45, 2.75) is 11.4 Å². The van der Waals surface area contributed by atoms with Crippen LogP contribution in [0.15, 0.2) is 50.3 Å². The highest BCUT2D eigenvalue weighted by atomic mass is 32.2. The second-order valence-corrected chi connectivity index (χ2v) is 5.95. The highest BCUT2D eigenvalue weighted by molar-refractivity contribution is 7.90. The van der Waals surface area contributed by atoms with Crippen molar-refractivity contribution in [2.75, 3.05) is 4.90 Å². The van der Waals surface area contributed by atoms with Crippen LogP contribution in [0.5, 0.6) is 0 Å². The van der Waals surface area contributed by atoms with Crippen LogP contribution in [0, 0.1) is 0 Å². The lowest BCUT2D eigenvalue weighted by Gasteiger charge is -2.24. The molecule has 1 aromatic carbocycles. The normalized spacial score (nSPS) is 15.7. The van der Waals surface area contributed by atoms with Gasteiger partial charge in [-0.2, -0.15) is 8.42 Å². The number of furan rings is 1. The zero-order valence-electron chi connectivity index (χ0n) is 10.6. The first kappa shape index (κ1) is 13.4. The Balaban J connectivity index is 2.01. The number of carbonyl (C=O) groups is 1. The van der Waals surface area contributed by atoms with E-state index in [0.29, 0.717) is 5.69 Å². The van der Waals surface area contributed by atoms with E-state index in [0.717, 1.165) is 6.34 Å². The van der Waals surface area contributed by atoms with Gasteiger partial charge in [-0.3, -0.25) is 0 Å². The summed E-state index contributed by atoms with van der Waals surface area (Å²) in [4.78, 5) is 12.7. The molecule has 1 N–H and O–H groups in total. The molecular weight excluding hydrogens is 296 g/mol. The van der Waals surface area contributed by atoms with E-state index < -0.39 is 16.0 Å². The Morgan fingerprint density at radius 2 is 2.05 bits per heavy atom. The van der Waals surface area contributed by atoms with Crippen molar-refractivity contribution in [1.29, 1.82) is 0 Å². The van der Waals surface area contributed by atoms with Gasteiger partial charge >= 0.3 is 5.97 Å². The predicted octanol–water partition coefficient (Wildman–Crippen LogP) is 1.72. The van der Waals surface area contributed by atoms with Crippen molar-refractivity contribution in [3.63, 3.8) is 0 Å². The van der Waals surface area contributed by atoms with Gasteiger partial charge in [0.05, 0.1) is 18.5 Å². The molecule has 0 fully saturated rings. The molecule has 7 nitrogen and oxygen atoms in total. The summed E-state index contributed by atoms with van der Waals surface area (Å²) < 4.78 is 32.4. The zero-order chi connectivity index (χ0) is 15.0. The van der Waals surface area contributed by atoms with Gasteiger partial charge in [-0.05, 0) is 18.2 Å². The van der Waals surface area contributed by atoms with E-state index in [-0.39, 0.29) is 22.8 Å². The molecule has 3 rings (SSSR count). The molecule has 0 atom stereocenters. The van der Waals surface area contributed by atoms with Crippen LogP contribution in [0.4, 0.5) is 5.69 Å². The molecule has 0 amide bonds. The van der Waals surface area contributed by atoms with Gasteiger partial charge in [0.1, 0.15) is 22.6 Å². The van der Waals surface area contributed by atoms with Crippen molar-refractivity contribution in [2.24, 2.45) is 4.40 Å². The number of fused-ring (bicyclic) bond motifs is 1. The molecule has 21 heavy (non-hydrogen) atoms. The summed E-state index contributed by atoms with van der Waals surface area (Å²) in [5.74, 6) is -0.878. The average molecular weight is 306 g/mol. The maximum atomic E-state index is 11.9. The minimum absolute atomic E-state index is 0.0364. The molecule has 8 heteroatoms. The number of aromatic carboxylic acids is 1. The van der Waals surface area contributed by atoms with Crippen molar-refractivity contribution >= 4 is 28.0 Å². The highest BCUT2D eigenvalue weighted by Gasteiger charge is 2.26. The smallest absolute Gasteiger partial charge is 0.339 e. The molecule has 1 aliphatic rings. The van der Waals surface area contributed by atoms with Crippen LogP contribution >= 0.6 is 0 Å². The summed E-state index contributed by atoms with van der Waals surface area (Å²) in [6, 6.07) is 7.73. The number of hydrogen-bond donors (Lipinski definition) is 1. The summed E-state index contributed by atoms with van der Waals surface area (Å²) in [6.07, 6.45) is 2.44. The lowest BCUT2D eigenvalue weighted by molar-refractivity contribution is 0.0694. The van der Waals surface area contributed by atoms with Crippen molar-refractivity contribution in [1.82, 2.24) is 0 Å². The number of hydrogen-bond acceptors (Lipinski definition) is 5. The average Bonchev–Trinajstić information content (AvgIpc) is 2.91. The summed E-state index contributed by atoms with van der Waals surface area (Å²) >= 11 is 0. The van der Waals surface area contributed by atoms with Gasteiger partial charge in [-0.25, -0.2) is 4.79 Å². The Kier molecular flexibility index (Phi) is 3.02. The second kappa shape index (κ2) is 4.74. The minimum atomic E-state index is -3.70. The molecule has 0 saturated heterocycles. The van der Waals surface area contributed by atoms with Crippen LogP contribution in [-0.4, -0.2) is 25.8 Å². The Hall–Kier alpha value is -2.61. The predicted molar refractivity (Wildman–Crippen MR) is 74.0 cm³/mol. The number of carboxylic acid groups (broad SMARTS) is 1. The second-order valence-electron chi connectivity index (χ2n) is 4.35. The van der Waals surface area contributed by atoms with E-state index in [2.05, 4.69) is 4.40 Å². The molecule has 0 spiro atoms. The van der Waals surface area contributed by atoms with E-state index in [1.165, 1.54) is 23.3 Å². The Morgan fingerprint density at radius 1 is 1.29 bits per heavy atom. The standard InChI is InChI=1S/C13H10N2O5S/c16-13(17)9-5-6-20-11(9)7-15-8-14-21(18,19)12-4-2-1-3-10(12)15/h1-6,8H,7H2,(H,16,17). The lowest BCUT2D eigenvalue weighted by atomic mass is 10.2. The maximum Gasteiger partial charge on any atom is 0.339 e. The Morgan fingerprint density at radius 3 is 2.81 bits per heavy atom. The van der Waals surface area contributed by atoms with Crippen molar-refractivity contribution < 1.29 is 22.7 Å². The molecule has 0 aliphatic carbocycles. The van der Waals surface area contributed by atoms with Gasteiger partial charge < -0.3 is 14.4 Å². The summed E-state index contributed by atoms with van der Waals surface area (Å²) in [5.41, 5.74) is 0.467. The topological polar surface area (TPSA) is 100 Å². The minimum Gasteiger partial charge on any atom is -0.478 e. The number of nitrogens with zero attached hydrogens (tertiary/aromatic N) is 2. The fraction of sp³-hybridized carbons (Fsp3) is 0.0769. The molecule has 2 aromatic rings. The molecule has 1 aromatic heterocycles. The van der Waals surface area contributed by atoms with Crippen LogP contribution in [0.25, 0.3) is 0 Å². The van der Waals surface area contributed by atoms with Gasteiger partial charge in [-0.1, -0.05) is 12.1 Å². The maximum absolute atomic E-state index is 11.9. The number of sulfonamides is 1. The molecule has 1 aliphatic heterocycles. The zero-order valence-corrected chi connectivity index (χ0v) is 11.4. The largest absolute Gasteiger partial charge is 0.478 e. The number of rotatable bonds is 3. The first-order chi connectivity index (χ1) is 9.99. The number of anilines is 1. The summed E-state index contributed by atoms with van der Waals surface area (Å²) in [6.45, 7) is 0.0741. The molecule has 2 heterocycles. The van der Waals surface area contributed by atoms with Crippen molar-refractivity contribution in [3.8, 4) is 0 Å². The monoisotopic (exact) mass is 306 g/mol. The van der Waals surface area contributed by atoms with E-state index in [1.807, 2.05) is 0 Å². The third kappa shape index (κ3) is 2.29. The highest BCUT2D eigenvalue weighted by Crippen LogP contribution is 2.30. The van der Waals surface area contributed by atoms with Crippen LogP contribution in [0.2, 0.25) is 0 Å². The van der Waals surface area contributed by atoms with E-state index in [9.17, 15) is 13.2 Å². The molecule has 0 saturated carbocycles. The summed E-state index contributed by atoms with van der Waals surface area (Å²) in [7, 11) is -3.70. The Labute approximate surface area is 120 Å². The Bertz CT molecular complexity index is 838.